The molecule has 0 bridgehead atoms. The number of para-hydroxylation sites is 1. The molecule has 7 heteroatoms. The molecule has 0 saturated carbocycles. The van der Waals surface area contributed by atoms with E-state index >= 15 is 0 Å². The topological polar surface area (TPSA) is 80.6 Å². The van der Waals surface area contributed by atoms with Gasteiger partial charge in [-0.15, -0.1) is 0 Å². The highest BCUT2D eigenvalue weighted by molar-refractivity contribution is 9.10. The number of hydrogen-bond donors (Lipinski definition) is 2. The van der Waals surface area contributed by atoms with Gasteiger partial charge in [-0.3, -0.25) is 9.59 Å². The average molecular weight is 465 g/mol. The molecule has 0 radical (unpaired) electrons. The molecule has 1 heterocycles. The normalized spacial score (nSPS) is 10.6. The molecule has 0 fully saturated rings. The van der Waals surface area contributed by atoms with Crippen LogP contribution >= 0.6 is 15.9 Å². The second-order valence-electron chi connectivity index (χ2n) is 6.47. The molecule has 150 valence electrons. The second-order valence-corrected chi connectivity index (χ2v) is 7.39. The van der Waals surface area contributed by atoms with Gasteiger partial charge in [0.1, 0.15) is 11.3 Å². The second kappa shape index (κ2) is 8.84. The molecule has 30 heavy (non-hydrogen) atoms. The van der Waals surface area contributed by atoms with Gasteiger partial charge < -0.3 is 19.8 Å². The molecule has 3 aromatic carbocycles. The maximum absolute atomic E-state index is 12.4. The van der Waals surface area contributed by atoms with E-state index in [2.05, 4.69) is 26.6 Å². The third-order valence-electron chi connectivity index (χ3n) is 4.26. The Morgan fingerprint density at radius 1 is 0.867 bits per heavy atom. The smallest absolute Gasteiger partial charge is 0.291 e. The third-order valence-corrected chi connectivity index (χ3v) is 4.79. The van der Waals surface area contributed by atoms with Gasteiger partial charge in [0.15, 0.2) is 12.4 Å². The number of amides is 2. The minimum atomic E-state index is -0.342. The van der Waals surface area contributed by atoms with Crippen molar-refractivity contribution < 1.29 is 18.7 Å². The number of anilines is 2. The molecule has 0 saturated heterocycles. The number of halogens is 1. The summed E-state index contributed by atoms with van der Waals surface area (Å²) in [6.07, 6.45) is 0. The van der Waals surface area contributed by atoms with E-state index in [1.165, 1.54) is 0 Å². The molecule has 2 N–H and O–H groups in total. The van der Waals surface area contributed by atoms with E-state index in [0.29, 0.717) is 22.7 Å². The van der Waals surface area contributed by atoms with E-state index in [1.54, 1.807) is 42.5 Å². The van der Waals surface area contributed by atoms with Gasteiger partial charge in [0, 0.05) is 21.2 Å². The van der Waals surface area contributed by atoms with Gasteiger partial charge in [-0.25, -0.2) is 0 Å². The van der Waals surface area contributed by atoms with Crippen LogP contribution in [0, 0.1) is 0 Å². The summed E-state index contributed by atoms with van der Waals surface area (Å²) in [5, 5.41) is 6.39. The first-order valence-electron chi connectivity index (χ1n) is 9.15. The zero-order chi connectivity index (χ0) is 20.9. The van der Waals surface area contributed by atoms with Crippen molar-refractivity contribution in [2.45, 2.75) is 0 Å². The number of carbonyl (C=O) groups excluding carboxylic acids is 2. The van der Waals surface area contributed by atoms with Crippen LogP contribution < -0.4 is 15.4 Å². The Hall–Kier alpha value is -3.58. The number of ether oxygens (including phenoxy) is 1. The minimum Gasteiger partial charge on any atom is -0.484 e. The Morgan fingerprint density at radius 3 is 2.23 bits per heavy atom. The van der Waals surface area contributed by atoms with Crippen molar-refractivity contribution in [3.8, 4) is 5.75 Å². The van der Waals surface area contributed by atoms with Crippen LogP contribution in [0.2, 0.25) is 0 Å². The molecule has 0 unspecified atom stereocenters. The van der Waals surface area contributed by atoms with Crippen LogP contribution in [0.1, 0.15) is 10.6 Å². The van der Waals surface area contributed by atoms with E-state index in [4.69, 9.17) is 9.15 Å². The summed E-state index contributed by atoms with van der Waals surface area (Å²) >= 11 is 3.35. The Balaban J connectivity index is 1.31. The number of rotatable bonds is 6. The molecule has 0 spiro atoms. The fourth-order valence-electron chi connectivity index (χ4n) is 2.80. The molecule has 0 aliphatic heterocycles. The van der Waals surface area contributed by atoms with Crippen LogP contribution in [0.15, 0.2) is 87.8 Å². The first kappa shape index (κ1) is 19.7. The largest absolute Gasteiger partial charge is 0.484 e. The number of hydrogen-bond acceptors (Lipinski definition) is 4. The van der Waals surface area contributed by atoms with E-state index in [1.807, 2.05) is 36.4 Å². The molecule has 2 amide bonds. The zero-order valence-corrected chi connectivity index (χ0v) is 17.3. The summed E-state index contributed by atoms with van der Waals surface area (Å²) in [4.78, 5) is 24.5. The van der Waals surface area contributed by atoms with Crippen LogP contribution in [-0.4, -0.2) is 18.4 Å². The molecular formula is C23H17BrN2O4. The Labute approximate surface area is 181 Å². The van der Waals surface area contributed by atoms with E-state index < -0.39 is 0 Å². The number of benzene rings is 3. The fourth-order valence-corrected chi connectivity index (χ4v) is 3.06. The number of carbonyl (C=O) groups is 2. The van der Waals surface area contributed by atoms with E-state index in [0.717, 1.165) is 9.86 Å². The first-order valence-corrected chi connectivity index (χ1v) is 9.94. The summed E-state index contributed by atoms with van der Waals surface area (Å²) in [6.45, 7) is -0.105. The van der Waals surface area contributed by atoms with Crippen LogP contribution in [-0.2, 0) is 4.79 Å². The van der Waals surface area contributed by atoms with Crippen LogP contribution in [0.25, 0.3) is 11.0 Å². The summed E-state index contributed by atoms with van der Waals surface area (Å²) in [7, 11) is 0. The van der Waals surface area contributed by atoms with E-state index in [9.17, 15) is 9.59 Å². The van der Waals surface area contributed by atoms with Gasteiger partial charge in [-0.05, 0) is 60.7 Å². The third kappa shape index (κ3) is 4.87. The van der Waals surface area contributed by atoms with Crippen LogP contribution in [0.3, 0.4) is 0 Å². The lowest BCUT2D eigenvalue weighted by Gasteiger charge is -2.09. The molecule has 0 atom stereocenters. The number of nitrogens with one attached hydrogen (secondary N) is 2. The standard InChI is InChI=1S/C23H17BrN2O4/c24-16-5-11-19(12-6-16)29-14-22(27)25-17-7-9-18(10-8-17)26-23(28)21-13-15-3-1-2-4-20(15)30-21/h1-13H,14H2,(H,25,27)(H,26,28). The van der Waals surface area contributed by atoms with Gasteiger partial charge in [0.2, 0.25) is 0 Å². The molecule has 6 nitrogen and oxygen atoms in total. The van der Waals surface area contributed by atoms with Crippen molar-refractivity contribution in [3.63, 3.8) is 0 Å². The average Bonchev–Trinajstić information content (AvgIpc) is 3.19. The first-order chi connectivity index (χ1) is 14.6. The highest BCUT2D eigenvalue weighted by atomic mass is 79.9. The lowest BCUT2D eigenvalue weighted by molar-refractivity contribution is -0.118. The van der Waals surface area contributed by atoms with E-state index in [-0.39, 0.29) is 24.2 Å². The molecular weight excluding hydrogens is 448 g/mol. The molecule has 1 aromatic heterocycles. The number of furan rings is 1. The van der Waals surface area contributed by atoms with Gasteiger partial charge in [-0.2, -0.15) is 0 Å². The zero-order valence-electron chi connectivity index (χ0n) is 15.7. The monoisotopic (exact) mass is 464 g/mol. The number of fused-ring (bicyclic) bond motifs is 1. The van der Waals surface area contributed by atoms with Gasteiger partial charge in [-0.1, -0.05) is 34.1 Å². The quantitative estimate of drug-likeness (QED) is 0.396. The van der Waals surface area contributed by atoms with Crippen molar-refractivity contribution in [3.05, 3.63) is 89.1 Å². The van der Waals surface area contributed by atoms with Crippen molar-refractivity contribution in [2.24, 2.45) is 0 Å². The summed E-state index contributed by atoms with van der Waals surface area (Å²) in [5.74, 6) is 0.221. The Bertz CT molecular complexity index is 1150. The van der Waals surface area contributed by atoms with Crippen LogP contribution in [0.4, 0.5) is 11.4 Å². The molecule has 4 rings (SSSR count). The molecule has 4 aromatic rings. The fraction of sp³-hybridized carbons (Fsp3) is 0.0435. The Morgan fingerprint density at radius 2 is 1.53 bits per heavy atom. The van der Waals surface area contributed by atoms with Crippen molar-refractivity contribution in [2.75, 3.05) is 17.2 Å². The van der Waals surface area contributed by atoms with Crippen molar-refractivity contribution in [1.82, 2.24) is 0 Å². The lowest BCUT2D eigenvalue weighted by atomic mass is 10.2. The highest BCUT2D eigenvalue weighted by Gasteiger charge is 2.12. The maximum Gasteiger partial charge on any atom is 0.291 e. The summed E-state index contributed by atoms with van der Waals surface area (Å²) in [5.41, 5.74) is 1.84. The molecule has 0 aliphatic carbocycles. The Kier molecular flexibility index (Phi) is 5.81. The van der Waals surface area contributed by atoms with Crippen molar-refractivity contribution >= 4 is 50.1 Å². The SMILES string of the molecule is O=C(COc1ccc(Br)cc1)Nc1ccc(NC(=O)c2cc3ccccc3o2)cc1. The van der Waals surface area contributed by atoms with Gasteiger partial charge >= 0.3 is 0 Å². The highest BCUT2D eigenvalue weighted by Crippen LogP contribution is 2.21. The van der Waals surface area contributed by atoms with Gasteiger partial charge in [0.25, 0.3) is 11.8 Å². The predicted molar refractivity (Wildman–Crippen MR) is 119 cm³/mol. The maximum atomic E-state index is 12.4. The summed E-state index contributed by atoms with van der Waals surface area (Å²) in [6, 6.07) is 23.2. The minimum absolute atomic E-state index is 0.105. The summed E-state index contributed by atoms with van der Waals surface area (Å²) < 4.78 is 11.9. The van der Waals surface area contributed by atoms with Crippen molar-refractivity contribution in [1.29, 1.82) is 0 Å². The molecule has 0 aliphatic rings. The van der Waals surface area contributed by atoms with Crippen LogP contribution in [0.5, 0.6) is 5.75 Å². The predicted octanol–water partition coefficient (Wildman–Crippen LogP) is 5.47. The van der Waals surface area contributed by atoms with Gasteiger partial charge in [0.05, 0.1) is 0 Å². The lowest BCUT2D eigenvalue weighted by Crippen LogP contribution is -2.20.